The van der Waals surface area contributed by atoms with Gasteiger partial charge in [0.05, 0.1) is 17.7 Å². The van der Waals surface area contributed by atoms with Gasteiger partial charge in [0.2, 0.25) is 0 Å². The first-order chi connectivity index (χ1) is 13.4. The van der Waals surface area contributed by atoms with Gasteiger partial charge in [-0.15, -0.1) is 0 Å². The second-order valence-corrected chi connectivity index (χ2v) is 7.50. The minimum absolute atomic E-state index is 0.252. The lowest BCUT2D eigenvalue weighted by molar-refractivity contribution is 0.0963. The van der Waals surface area contributed by atoms with Gasteiger partial charge in [-0.3, -0.25) is 14.6 Å². The maximum atomic E-state index is 14.0. The number of rotatable bonds is 4. The summed E-state index contributed by atoms with van der Waals surface area (Å²) in [6.45, 7) is 7.47. The van der Waals surface area contributed by atoms with E-state index in [0.717, 1.165) is 31.9 Å². The first-order valence-corrected chi connectivity index (χ1v) is 9.53. The molecule has 1 aliphatic heterocycles. The summed E-state index contributed by atoms with van der Waals surface area (Å²) in [5.74, 6) is 0.321. The first-order valence-electron chi connectivity index (χ1n) is 9.15. The molecular formula is C19H21ClFN5O2. The van der Waals surface area contributed by atoms with E-state index < -0.39 is 0 Å². The maximum absolute atomic E-state index is 14.0. The smallest absolute Gasteiger partial charge is 0.298 e. The SMILES string of the molecule is Cc1nn(CN2CCN(Cc3c(F)cccc3Cl)CC2)c(=O)c2noc(C)c12. The fourth-order valence-corrected chi connectivity index (χ4v) is 3.85. The van der Waals surface area contributed by atoms with E-state index in [9.17, 15) is 9.18 Å². The molecule has 0 bridgehead atoms. The van der Waals surface area contributed by atoms with Crippen molar-refractivity contribution >= 4 is 22.5 Å². The van der Waals surface area contributed by atoms with Gasteiger partial charge in [0.25, 0.3) is 5.56 Å². The Bertz CT molecular complexity index is 1050. The van der Waals surface area contributed by atoms with Crippen molar-refractivity contribution in [2.75, 3.05) is 26.2 Å². The minimum Gasteiger partial charge on any atom is -0.360 e. The van der Waals surface area contributed by atoms with E-state index in [0.29, 0.717) is 40.5 Å². The molecule has 1 aromatic carbocycles. The molecule has 0 N–H and O–H groups in total. The Labute approximate surface area is 166 Å². The molecule has 0 atom stereocenters. The molecule has 148 valence electrons. The number of aryl methyl sites for hydroxylation is 2. The van der Waals surface area contributed by atoms with Crippen molar-refractivity contribution < 1.29 is 8.91 Å². The fourth-order valence-electron chi connectivity index (χ4n) is 3.62. The molecule has 2 aromatic heterocycles. The maximum Gasteiger partial charge on any atom is 0.298 e. The van der Waals surface area contributed by atoms with Crippen molar-refractivity contribution in [2.45, 2.75) is 27.1 Å². The molecule has 0 radical (unpaired) electrons. The Morgan fingerprint density at radius 2 is 1.89 bits per heavy atom. The van der Waals surface area contributed by atoms with Crippen LogP contribution < -0.4 is 5.56 Å². The lowest BCUT2D eigenvalue weighted by Gasteiger charge is -2.34. The third kappa shape index (κ3) is 3.55. The lowest BCUT2D eigenvalue weighted by Crippen LogP contribution is -2.47. The molecule has 1 saturated heterocycles. The van der Waals surface area contributed by atoms with Gasteiger partial charge < -0.3 is 4.52 Å². The molecule has 3 aromatic rings. The zero-order valence-corrected chi connectivity index (χ0v) is 16.5. The number of fused-ring (bicyclic) bond motifs is 1. The molecule has 0 aliphatic carbocycles. The topological polar surface area (TPSA) is 67.4 Å². The van der Waals surface area contributed by atoms with Gasteiger partial charge in [-0.25, -0.2) is 9.07 Å². The second kappa shape index (κ2) is 7.62. The van der Waals surface area contributed by atoms with Crippen LogP contribution in [0.25, 0.3) is 10.9 Å². The molecule has 0 amide bonds. The van der Waals surface area contributed by atoms with Gasteiger partial charge in [0.15, 0.2) is 5.52 Å². The monoisotopic (exact) mass is 405 g/mol. The normalized spacial score (nSPS) is 16.1. The standard InChI is InChI=1S/C19H21ClFN5O2/c1-12-17-13(2)28-23-18(17)19(27)26(22-12)11-25-8-6-24(7-9-25)10-14-15(20)4-3-5-16(14)21/h3-5H,6-11H2,1-2H3. The zero-order valence-electron chi connectivity index (χ0n) is 15.8. The van der Waals surface area contributed by atoms with Crippen molar-refractivity contribution in [3.05, 3.63) is 56.4 Å². The Balaban J connectivity index is 1.43. The van der Waals surface area contributed by atoms with Gasteiger partial charge >= 0.3 is 0 Å². The van der Waals surface area contributed by atoms with E-state index in [-0.39, 0.29) is 11.4 Å². The van der Waals surface area contributed by atoms with Crippen molar-refractivity contribution in [2.24, 2.45) is 0 Å². The van der Waals surface area contributed by atoms with E-state index in [1.807, 2.05) is 6.92 Å². The van der Waals surface area contributed by atoms with Crippen LogP contribution in [-0.4, -0.2) is 50.9 Å². The van der Waals surface area contributed by atoms with Crippen LogP contribution in [0.4, 0.5) is 4.39 Å². The molecule has 0 unspecified atom stereocenters. The molecule has 0 saturated carbocycles. The van der Waals surface area contributed by atoms with Crippen LogP contribution in [0.1, 0.15) is 17.0 Å². The quantitative estimate of drug-likeness (QED) is 0.664. The largest absolute Gasteiger partial charge is 0.360 e. The van der Waals surface area contributed by atoms with Crippen LogP contribution in [0.2, 0.25) is 5.02 Å². The molecule has 9 heteroatoms. The predicted octanol–water partition coefficient (Wildman–Crippen LogP) is 2.57. The van der Waals surface area contributed by atoms with E-state index >= 15 is 0 Å². The summed E-state index contributed by atoms with van der Waals surface area (Å²) in [4.78, 5) is 16.9. The van der Waals surface area contributed by atoms with Gasteiger partial charge in [-0.2, -0.15) is 5.10 Å². The van der Waals surface area contributed by atoms with Crippen molar-refractivity contribution in [3.8, 4) is 0 Å². The van der Waals surface area contributed by atoms with Gasteiger partial charge in [0, 0.05) is 43.3 Å². The summed E-state index contributed by atoms with van der Waals surface area (Å²) in [6.07, 6.45) is 0. The average molecular weight is 406 g/mol. The van der Waals surface area contributed by atoms with Crippen LogP contribution in [0, 0.1) is 19.7 Å². The van der Waals surface area contributed by atoms with Gasteiger partial charge in [-0.05, 0) is 26.0 Å². The molecule has 28 heavy (non-hydrogen) atoms. The number of benzene rings is 1. The predicted molar refractivity (Wildman–Crippen MR) is 104 cm³/mol. The van der Waals surface area contributed by atoms with Crippen LogP contribution in [0.3, 0.4) is 0 Å². The summed E-state index contributed by atoms with van der Waals surface area (Å²) in [5.41, 5.74) is 1.31. The van der Waals surface area contributed by atoms with Crippen LogP contribution >= 0.6 is 11.6 Å². The Kier molecular flexibility index (Phi) is 5.18. The summed E-state index contributed by atoms with van der Waals surface area (Å²) in [6, 6.07) is 4.75. The third-order valence-corrected chi connectivity index (χ3v) is 5.53. The number of aromatic nitrogens is 3. The Morgan fingerprint density at radius 1 is 1.18 bits per heavy atom. The molecule has 4 rings (SSSR count). The number of piperazine rings is 1. The minimum atomic E-state index is -0.280. The Morgan fingerprint density at radius 3 is 2.61 bits per heavy atom. The molecule has 1 fully saturated rings. The summed E-state index contributed by atoms with van der Waals surface area (Å²) in [7, 11) is 0. The second-order valence-electron chi connectivity index (χ2n) is 7.09. The zero-order chi connectivity index (χ0) is 19.8. The number of hydrogen-bond acceptors (Lipinski definition) is 6. The Hall–Kier alpha value is -2.29. The molecule has 0 spiro atoms. The van der Waals surface area contributed by atoms with Crippen molar-refractivity contribution in [1.82, 2.24) is 24.7 Å². The molecule has 3 heterocycles. The van der Waals surface area contributed by atoms with Crippen molar-refractivity contribution in [3.63, 3.8) is 0 Å². The molecule has 7 nitrogen and oxygen atoms in total. The van der Waals surface area contributed by atoms with Crippen molar-refractivity contribution in [1.29, 1.82) is 0 Å². The fraction of sp³-hybridized carbons (Fsp3) is 0.421. The van der Waals surface area contributed by atoms with Gasteiger partial charge in [0.1, 0.15) is 11.6 Å². The first kappa shape index (κ1) is 19.0. The van der Waals surface area contributed by atoms with Crippen LogP contribution in [0.15, 0.2) is 27.5 Å². The highest BCUT2D eigenvalue weighted by molar-refractivity contribution is 6.31. The summed E-state index contributed by atoms with van der Waals surface area (Å²) in [5, 5.41) is 9.44. The number of hydrogen-bond donors (Lipinski definition) is 0. The highest BCUT2D eigenvalue weighted by Gasteiger charge is 2.21. The highest BCUT2D eigenvalue weighted by Crippen LogP contribution is 2.21. The average Bonchev–Trinajstić information content (AvgIpc) is 3.06. The van der Waals surface area contributed by atoms with Crippen LogP contribution in [0.5, 0.6) is 0 Å². The van der Waals surface area contributed by atoms with E-state index in [1.54, 1.807) is 19.1 Å². The van der Waals surface area contributed by atoms with E-state index in [2.05, 4.69) is 20.1 Å². The van der Waals surface area contributed by atoms with E-state index in [1.165, 1.54) is 10.7 Å². The highest BCUT2D eigenvalue weighted by atomic mass is 35.5. The lowest BCUT2D eigenvalue weighted by atomic mass is 10.2. The number of halogens is 2. The molecule has 1 aliphatic rings. The van der Waals surface area contributed by atoms with Gasteiger partial charge in [-0.1, -0.05) is 22.8 Å². The van der Waals surface area contributed by atoms with Crippen LogP contribution in [-0.2, 0) is 13.2 Å². The third-order valence-electron chi connectivity index (χ3n) is 5.17. The summed E-state index contributed by atoms with van der Waals surface area (Å²) < 4.78 is 20.6. The van der Waals surface area contributed by atoms with E-state index in [4.69, 9.17) is 16.1 Å². The summed E-state index contributed by atoms with van der Waals surface area (Å²) >= 11 is 6.13. The number of nitrogens with zero attached hydrogens (tertiary/aromatic N) is 5. The molecular weight excluding hydrogens is 385 g/mol.